The molecule has 0 saturated heterocycles. The van der Waals surface area contributed by atoms with Gasteiger partial charge in [-0.3, -0.25) is 9.48 Å². The number of aliphatic hydroxyl groups excluding tert-OH is 2. The van der Waals surface area contributed by atoms with Gasteiger partial charge in [-0.05, 0) is 27.1 Å². The number of aryl methyl sites for hydroxylation is 1. The lowest BCUT2D eigenvalue weighted by Gasteiger charge is -2.17. The number of ketones is 1. The minimum atomic E-state index is -2.22. The summed E-state index contributed by atoms with van der Waals surface area (Å²) >= 11 is 0. The van der Waals surface area contributed by atoms with Crippen molar-refractivity contribution in [3.63, 3.8) is 0 Å². The Morgan fingerprint density at radius 1 is 1.35 bits per heavy atom. The third kappa shape index (κ3) is 8.11. The van der Waals surface area contributed by atoms with E-state index in [-0.39, 0.29) is 24.5 Å². The van der Waals surface area contributed by atoms with Crippen LogP contribution >= 0.6 is 0 Å². The number of hydrogen-bond donors (Lipinski definition) is 4. The van der Waals surface area contributed by atoms with E-state index >= 15 is 4.39 Å². The fourth-order valence-electron chi connectivity index (χ4n) is 3.78. The van der Waals surface area contributed by atoms with E-state index < -0.39 is 29.6 Å². The molecule has 2 aromatic rings. The molecule has 1 aliphatic carbocycles. The van der Waals surface area contributed by atoms with Crippen LogP contribution in [0.5, 0.6) is 0 Å². The van der Waals surface area contributed by atoms with Gasteiger partial charge in [0.2, 0.25) is 17.9 Å². The van der Waals surface area contributed by atoms with Crippen LogP contribution in [0.2, 0.25) is 0 Å². The summed E-state index contributed by atoms with van der Waals surface area (Å²) in [4.78, 5) is 16.3. The zero-order chi connectivity index (χ0) is 30.6. The standard InChI is InChI=1S/C24H28F2N5O4.C2H7N.CH4O/c1-6-30-13-31(11-9-18(30)27-4)21-14(2)7-8-17(25)19(26)23(21)35-12-10-16-15(3)29(5)28-20(16)22(32)24(33)34;1-3-2;1-2/h6-9,11,13-14,24,33-34H,1,10,12H2,2-5H3;3H,1-2H3;2H,1H3/q+1;;. The molecule has 0 aromatic carbocycles. The second-order valence-corrected chi connectivity index (χ2v) is 8.41. The van der Waals surface area contributed by atoms with E-state index in [1.807, 2.05) is 14.1 Å². The van der Waals surface area contributed by atoms with Crippen molar-refractivity contribution in [3.05, 3.63) is 77.2 Å². The number of aliphatic hydroxyl groups is 3. The predicted octanol–water partition coefficient (Wildman–Crippen LogP) is 1.17. The highest BCUT2D eigenvalue weighted by Gasteiger charge is 2.28. The topological polar surface area (TPSA) is 138 Å². The number of aromatic nitrogens is 4. The van der Waals surface area contributed by atoms with Crippen LogP contribution in [0.3, 0.4) is 0 Å². The molecule has 0 radical (unpaired) electrons. The van der Waals surface area contributed by atoms with Crippen molar-refractivity contribution in [3.8, 4) is 0 Å². The number of rotatable bonds is 8. The lowest BCUT2D eigenvalue weighted by molar-refractivity contribution is -0.591. The van der Waals surface area contributed by atoms with Gasteiger partial charge in [-0.15, -0.1) is 4.99 Å². The number of carbonyl (C=O) groups excluding carboxylic acids is 1. The Bertz CT molecular complexity index is 1340. The largest absolute Gasteiger partial charge is 0.487 e. The molecule has 2 heterocycles. The summed E-state index contributed by atoms with van der Waals surface area (Å²) in [6, 6.07) is 1.70. The van der Waals surface area contributed by atoms with Gasteiger partial charge < -0.3 is 25.4 Å². The highest BCUT2D eigenvalue weighted by Crippen LogP contribution is 2.33. The SMILES string of the molecule is C=C[n+]1cn(C2=C(OCCc3c(C(=O)C(O)O)nn(C)c3C)C(F)=C(F)C=CC2C)ccc1=NC.CNC.CO. The van der Waals surface area contributed by atoms with E-state index in [0.29, 0.717) is 22.4 Å². The third-order valence-corrected chi connectivity index (χ3v) is 5.73. The molecular weight excluding hydrogens is 526 g/mol. The molecule has 1 unspecified atom stereocenters. The van der Waals surface area contributed by atoms with Crippen molar-refractivity contribution < 1.29 is 38.2 Å². The molecule has 0 spiro atoms. The fourth-order valence-corrected chi connectivity index (χ4v) is 3.78. The molecule has 0 bridgehead atoms. The number of ether oxygens (including phenoxy) is 1. The molecule has 13 heteroatoms. The van der Waals surface area contributed by atoms with Crippen LogP contribution in [-0.2, 0) is 18.2 Å². The third-order valence-electron chi connectivity index (χ3n) is 5.73. The lowest BCUT2D eigenvalue weighted by atomic mass is 10.1. The summed E-state index contributed by atoms with van der Waals surface area (Å²) in [7, 11) is 7.98. The maximum absolute atomic E-state index is 15.1. The highest BCUT2D eigenvalue weighted by atomic mass is 19.2. The van der Waals surface area contributed by atoms with E-state index in [0.717, 1.165) is 13.2 Å². The van der Waals surface area contributed by atoms with Gasteiger partial charge >= 0.3 is 0 Å². The summed E-state index contributed by atoms with van der Waals surface area (Å²) in [5.41, 5.74) is 1.85. The molecule has 1 atom stereocenters. The fraction of sp³-hybridized carbons (Fsp3) is 0.407. The highest BCUT2D eigenvalue weighted by molar-refractivity contribution is 5.98. The average Bonchev–Trinajstić information content (AvgIpc) is 3.18. The van der Waals surface area contributed by atoms with Gasteiger partial charge in [-0.25, -0.2) is 13.5 Å². The predicted molar refractivity (Wildman–Crippen MR) is 147 cm³/mol. The Morgan fingerprint density at radius 3 is 2.52 bits per heavy atom. The Morgan fingerprint density at radius 2 is 1.98 bits per heavy atom. The van der Waals surface area contributed by atoms with Gasteiger partial charge in [-0.2, -0.15) is 9.49 Å². The maximum atomic E-state index is 15.1. The van der Waals surface area contributed by atoms with Gasteiger partial charge in [0, 0.05) is 43.8 Å². The zero-order valence-electron chi connectivity index (χ0n) is 23.9. The molecule has 220 valence electrons. The number of allylic oxidation sites excluding steroid dienone is 5. The quantitative estimate of drug-likeness (QED) is 0.214. The number of carbonyl (C=O) groups is 1. The molecule has 2 aromatic heterocycles. The van der Waals surface area contributed by atoms with Crippen LogP contribution in [0.25, 0.3) is 11.9 Å². The smallest absolute Gasteiger partial charge is 0.263 e. The monoisotopic (exact) mass is 565 g/mol. The molecule has 0 amide bonds. The van der Waals surface area contributed by atoms with E-state index in [1.54, 1.807) is 55.7 Å². The summed E-state index contributed by atoms with van der Waals surface area (Å²) in [6.07, 6.45) is 5.27. The number of Topliss-reactive ketones (excluding diaryl/α,β-unsaturated/α-hetero) is 1. The molecule has 40 heavy (non-hydrogen) atoms. The Labute approximate surface area is 232 Å². The number of halogens is 2. The molecule has 11 nitrogen and oxygen atoms in total. The van der Waals surface area contributed by atoms with Crippen LogP contribution in [0, 0.1) is 12.8 Å². The van der Waals surface area contributed by atoms with Crippen molar-refractivity contribution in [2.24, 2.45) is 18.0 Å². The van der Waals surface area contributed by atoms with Gasteiger partial charge in [0.1, 0.15) is 11.4 Å². The first-order valence-electron chi connectivity index (χ1n) is 12.3. The second kappa shape index (κ2) is 16.4. The van der Waals surface area contributed by atoms with Gasteiger partial charge in [-0.1, -0.05) is 19.6 Å². The first kappa shape index (κ1) is 34.2. The van der Waals surface area contributed by atoms with Crippen molar-refractivity contribution in [2.75, 3.05) is 34.9 Å². The molecule has 0 fully saturated rings. The molecule has 3 rings (SSSR count). The minimum absolute atomic E-state index is 0.0892. The number of nitrogens with one attached hydrogen (secondary N) is 1. The molecule has 0 aliphatic heterocycles. The first-order valence-corrected chi connectivity index (χ1v) is 12.3. The van der Waals surface area contributed by atoms with E-state index in [1.165, 1.54) is 17.0 Å². The Hall–Kier alpha value is -3.78. The van der Waals surface area contributed by atoms with Gasteiger partial charge in [0.15, 0.2) is 17.9 Å². The number of hydrogen-bond acceptors (Lipinski definition) is 8. The summed E-state index contributed by atoms with van der Waals surface area (Å²) in [5, 5.41) is 32.4. The molecular formula is C27H39F2N6O5+. The maximum Gasteiger partial charge on any atom is 0.263 e. The van der Waals surface area contributed by atoms with Crippen LogP contribution in [0.4, 0.5) is 8.78 Å². The van der Waals surface area contributed by atoms with Crippen molar-refractivity contribution in [1.82, 2.24) is 19.7 Å². The van der Waals surface area contributed by atoms with E-state index in [4.69, 9.17) is 9.84 Å². The summed E-state index contributed by atoms with van der Waals surface area (Å²) in [6.45, 7) is 7.09. The molecule has 4 N–H and O–H groups in total. The molecule has 0 saturated carbocycles. The van der Waals surface area contributed by atoms with E-state index in [2.05, 4.69) is 22.0 Å². The Kier molecular flexibility index (Phi) is 14.0. The van der Waals surface area contributed by atoms with Crippen molar-refractivity contribution in [2.45, 2.75) is 26.6 Å². The summed E-state index contributed by atoms with van der Waals surface area (Å²) in [5.74, 6) is -3.92. The number of nitrogens with zero attached hydrogens (tertiary/aromatic N) is 5. The van der Waals surface area contributed by atoms with Crippen LogP contribution in [-0.4, -0.2) is 76.6 Å². The van der Waals surface area contributed by atoms with E-state index in [9.17, 15) is 19.4 Å². The van der Waals surface area contributed by atoms with Crippen LogP contribution in [0.1, 0.15) is 28.7 Å². The van der Waals surface area contributed by atoms with Gasteiger partial charge in [0.25, 0.3) is 5.49 Å². The Balaban J connectivity index is 0.00000150. The second-order valence-electron chi connectivity index (χ2n) is 8.41. The molecule has 1 aliphatic rings. The lowest BCUT2D eigenvalue weighted by Crippen LogP contribution is -2.46. The normalized spacial score (nSPS) is 15.3. The van der Waals surface area contributed by atoms with Crippen molar-refractivity contribution in [1.29, 1.82) is 0 Å². The van der Waals surface area contributed by atoms with Crippen LogP contribution in [0.15, 0.2) is 59.7 Å². The van der Waals surface area contributed by atoms with Crippen LogP contribution < -0.4 is 15.4 Å². The first-order chi connectivity index (χ1) is 19.0. The minimum Gasteiger partial charge on any atom is -0.487 e. The average molecular weight is 566 g/mol. The summed E-state index contributed by atoms with van der Waals surface area (Å²) < 4.78 is 40.0. The van der Waals surface area contributed by atoms with Crippen molar-refractivity contribution >= 4 is 17.7 Å². The zero-order valence-corrected chi connectivity index (χ0v) is 23.9. The van der Waals surface area contributed by atoms with Gasteiger partial charge in [0.05, 0.1) is 26.1 Å².